The molecular weight excluding hydrogens is 493 g/mol. The zero-order valence-corrected chi connectivity index (χ0v) is 23.0. The minimum Gasteiger partial charge on any atom is -0.460 e. The Balaban J connectivity index is 1.78. The monoisotopic (exact) mass is 535 g/mol. The van der Waals surface area contributed by atoms with Crippen molar-refractivity contribution in [3.05, 3.63) is 29.5 Å². The van der Waals surface area contributed by atoms with Gasteiger partial charge >= 0.3 is 5.97 Å². The van der Waals surface area contributed by atoms with E-state index >= 15 is 0 Å². The number of nitrogens with zero attached hydrogens (tertiary/aromatic N) is 2. The number of aromatic nitrogens is 1. The quantitative estimate of drug-likeness (QED) is 0.415. The minimum atomic E-state index is -1.42. The second-order valence-corrected chi connectivity index (χ2v) is 11.0. The first-order valence-electron chi connectivity index (χ1n) is 13.8. The molecule has 3 rings (SSSR count). The molecule has 212 valence electrons. The van der Waals surface area contributed by atoms with Crippen molar-refractivity contribution in [3.63, 3.8) is 0 Å². The number of halogens is 1. The molecule has 9 nitrogen and oxygen atoms in total. The van der Waals surface area contributed by atoms with Crippen LogP contribution in [0.5, 0.6) is 0 Å². The number of nitrogens with one attached hydrogen (secondary N) is 1. The van der Waals surface area contributed by atoms with Gasteiger partial charge < -0.3 is 24.5 Å². The van der Waals surface area contributed by atoms with Crippen LogP contribution in [0.1, 0.15) is 89.0 Å². The summed E-state index contributed by atoms with van der Waals surface area (Å²) in [5.41, 5.74) is 0.929. The molecule has 0 aliphatic carbocycles. The number of alkyl halides is 1. The summed E-state index contributed by atoms with van der Waals surface area (Å²) in [6.07, 6.45) is 3.11. The average Bonchev–Trinajstić information content (AvgIpc) is 3.52. The van der Waals surface area contributed by atoms with Crippen molar-refractivity contribution in [2.75, 3.05) is 13.1 Å². The maximum Gasteiger partial charge on any atom is 0.329 e. The second kappa shape index (κ2) is 13.9. The van der Waals surface area contributed by atoms with E-state index in [1.165, 1.54) is 11.2 Å². The number of hydrogen-bond donors (Lipinski definition) is 2. The number of carbonyl (C=O) groups is 3. The van der Waals surface area contributed by atoms with Crippen LogP contribution in [0, 0.1) is 11.8 Å². The van der Waals surface area contributed by atoms with E-state index < -0.39 is 36.3 Å². The van der Waals surface area contributed by atoms with E-state index in [-0.39, 0.29) is 42.2 Å². The van der Waals surface area contributed by atoms with Crippen LogP contribution in [0.3, 0.4) is 0 Å². The molecule has 3 heterocycles. The number of fused-ring (bicyclic) bond motifs is 3. The van der Waals surface area contributed by atoms with E-state index in [1.807, 2.05) is 27.7 Å². The number of hydrogen-bond acceptors (Lipinski definition) is 7. The molecular formula is C28H42FN3O6. The Morgan fingerprint density at radius 3 is 2.68 bits per heavy atom. The summed E-state index contributed by atoms with van der Waals surface area (Å²) in [6, 6.07) is -0.736. The third-order valence-corrected chi connectivity index (χ3v) is 7.29. The number of rotatable bonds is 1. The molecule has 5 atom stereocenters. The van der Waals surface area contributed by atoms with Gasteiger partial charge in [0.25, 0.3) is 5.91 Å². The molecule has 2 aliphatic heterocycles. The van der Waals surface area contributed by atoms with Gasteiger partial charge in [-0.2, -0.15) is 0 Å². The highest BCUT2D eigenvalue weighted by molar-refractivity contribution is 5.95. The van der Waals surface area contributed by atoms with Crippen LogP contribution >= 0.6 is 0 Å². The molecule has 2 aliphatic rings. The van der Waals surface area contributed by atoms with Gasteiger partial charge in [-0.15, -0.1) is 0 Å². The zero-order chi connectivity index (χ0) is 27.8. The summed E-state index contributed by atoms with van der Waals surface area (Å²) in [5, 5.41) is 13.2. The van der Waals surface area contributed by atoms with Gasteiger partial charge in [-0.3, -0.25) is 9.59 Å². The first kappa shape index (κ1) is 29.8. The molecule has 2 amide bonds. The Kier molecular flexibility index (Phi) is 10.9. The number of oxazole rings is 1. The zero-order valence-electron chi connectivity index (χ0n) is 23.0. The summed E-state index contributed by atoms with van der Waals surface area (Å²) in [5.74, 6) is -0.934. The van der Waals surface area contributed by atoms with E-state index in [0.717, 1.165) is 5.57 Å². The Morgan fingerprint density at radius 2 is 1.95 bits per heavy atom. The Hall–Kier alpha value is -2.75. The van der Waals surface area contributed by atoms with Crippen molar-refractivity contribution in [3.8, 4) is 0 Å². The van der Waals surface area contributed by atoms with Crippen molar-refractivity contribution >= 4 is 17.8 Å². The largest absolute Gasteiger partial charge is 0.460 e. The first-order chi connectivity index (χ1) is 18.0. The molecule has 0 radical (unpaired) electrons. The summed E-state index contributed by atoms with van der Waals surface area (Å²) in [7, 11) is 0. The van der Waals surface area contributed by atoms with Crippen molar-refractivity contribution in [2.24, 2.45) is 11.8 Å². The van der Waals surface area contributed by atoms with Crippen LogP contribution in [-0.4, -0.2) is 70.3 Å². The van der Waals surface area contributed by atoms with Crippen LogP contribution in [-0.2, 0) is 20.7 Å². The number of cyclic esters (lactones) is 1. The maximum atomic E-state index is 14.6. The molecule has 1 aromatic heterocycles. The summed E-state index contributed by atoms with van der Waals surface area (Å²) in [4.78, 5) is 44.4. The van der Waals surface area contributed by atoms with E-state index in [1.54, 1.807) is 6.08 Å². The lowest BCUT2D eigenvalue weighted by molar-refractivity contribution is -0.159. The summed E-state index contributed by atoms with van der Waals surface area (Å²) >= 11 is 0. The highest BCUT2D eigenvalue weighted by Gasteiger charge is 2.39. The van der Waals surface area contributed by atoms with Gasteiger partial charge in [0.05, 0.1) is 12.5 Å². The molecule has 1 saturated heterocycles. The maximum absolute atomic E-state index is 14.6. The van der Waals surface area contributed by atoms with Crippen LogP contribution in [0.25, 0.3) is 0 Å². The topological polar surface area (TPSA) is 122 Å². The number of aliphatic hydroxyl groups excluding tert-OH is 1. The number of ether oxygens (including phenoxy) is 1. The number of allylic oxidation sites excluding steroid dienone is 1. The molecule has 1 fully saturated rings. The van der Waals surface area contributed by atoms with Crippen LogP contribution in [0.2, 0.25) is 0 Å². The molecule has 2 bridgehead atoms. The molecule has 38 heavy (non-hydrogen) atoms. The predicted octanol–water partition coefficient (Wildman–Crippen LogP) is 3.75. The molecule has 2 N–H and O–H groups in total. The normalized spacial score (nSPS) is 30.8. The van der Waals surface area contributed by atoms with Gasteiger partial charge in [-0.1, -0.05) is 32.4 Å². The third kappa shape index (κ3) is 8.38. The van der Waals surface area contributed by atoms with E-state index in [9.17, 15) is 23.9 Å². The SMILES string of the molecule is C/C1=C\[C@@H](O)C[C@@H](F)Cc2nc(co2)C(=O)N2CCC[C@@H]2C(=O)O[C@H](C(C)C)[C@H](C)CCC(=O)NCCC1. The molecule has 0 saturated carbocycles. The summed E-state index contributed by atoms with van der Waals surface area (Å²) < 4.78 is 25.9. The highest BCUT2D eigenvalue weighted by atomic mass is 19.1. The fraction of sp³-hybridized carbons (Fsp3) is 0.714. The third-order valence-electron chi connectivity index (χ3n) is 7.29. The van der Waals surface area contributed by atoms with Crippen molar-refractivity contribution < 1.29 is 33.0 Å². The van der Waals surface area contributed by atoms with Crippen molar-refractivity contribution in [1.29, 1.82) is 0 Å². The smallest absolute Gasteiger partial charge is 0.329 e. The van der Waals surface area contributed by atoms with E-state index in [0.29, 0.717) is 51.6 Å². The molecule has 0 aromatic carbocycles. The summed E-state index contributed by atoms with van der Waals surface area (Å²) in [6.45, 7) is 8.67. The van der Waals surface area contributed by atoms with Gasteiger partial charge in [0, 0.05) is 25.9 Å². The van der Waals surface area contributed by atoms with Gasteiger partial charge in [0.15, 0.2) is 11.6 Å². The molecule has 1 aromatic rings. The lowest BCUT2D eigenvalue weighted by atomic mass is 9.90. The fourth-order valence-corrected chi connectivity index (χ4v) is 5.25. The molecule has 0 unspecified atom stereocenters. The van der Waals surface area contributed by atoms with Crippen LogP contribution in [0.4, 0.5) is 4.39 Å². The lowest BCUT2D eigenvalue weighted by Crippen LogP contribution is -2.44. The Bertz CT molecular complexity index is 993. The Morgan fingerprint density at radius 1 is 1.18 bits per heavy atom. The number of carbonyl (C=O) groups excluding carboxylic acids is 3. The van der Waals surface area contributed by atoms with Crippen molar-refractivity contribution in [1.82, 2.24) is 15.2 Å². The molecule has 0 spiro atoms. The molecule has 10 heteroatoms. The standard InChI is InChI=1S/C28H42FN3O6/c1-17(2)26-19(4)9-10-24(34)30-11-5-7-18(3)13-21(33)14-20(29)15-25-31-22(16-37-25)27(35)32-12-6-8-23(32)28(36)38-26/h13,16-17,19-21,23,26,33H,5-12,14-15H2,1-4H3,(H,30,34)/b18-13+/t19-,20-,21-,23-,26-/m1/s1. The Labute approximate surface area is 224 Å². The number of amides is 2. The second-order valence-electron chi connectivity index (χ2n) is 11.0. The van der Waals surface area contributed by atoms with Crippen molar-refractivity contribution in [2.45, 2.75) is 103 Å². The van der Waals surface area contributed by atoms with Crippen LogP contribution in [0.15, 0.2) is 22.3 Å². The van der Waals surface area contributed by atoms with Gasteiger partial charge in [-0.25, -0.2) is 14.2 Å². The van der Waals surface area contributed by atoms with Gasteiger partial charge in [0.1, 0.15) is 24.6 Å². The highest BCUT2D eigenvalue weighted by Crippen LogP contribution is 2.26. The number of esters is 1. The van der Waals surface area contributed by atoms with Crippen LogP contribution < -0.4 is 5.32 Å². The van der Waals surface area contributed by atoms with Gasteiger partial charge in [0.2, 0.25) is 5.91 Å². The minimum absolute atomic E-state index is 0.0152. The van der Waals surface area contributed by atoms with Gasteiger partial charge in [-0.05, 0) is 50.9 Å². The predicted molar refractivity (Wildman–Crippen MR) is 139 cm³/mol. The first-order valence-corrected chi connectivity index (χ1v) is 13.8. The number of aliphatic hydroxyl groups is 1. The van der Waals surface area contributed by atoms with E-state index in [4.69, 9.17) is 9.15 Å². The average molecular weight is 536 g/mol. The van der Waals surface area contributed by atoms with E-state index in [2.05, 4.69) is 10.3 Å². The fourth-order valence-electron chi connectivity index (χ4n) is 5.25. The lowest BCUT2D eigenvalue weighted by Gasteiger charge is -2.30.